The molecule has 1 unspecified atom stereocenters. The standard InChI is InChI=1S/C16H16N2O3/c19-14-4-3-11(16(20)18-14)13-8-21-15-10(13)2-1-9-5-6-17-7-12(9)15/h1-2,8,11,17H,3-7H2,(H,18,19,20). The smallest absolute Gasteiger partial charge is 0.234 e. The molecule has 0 aliphatic carbocycles. The molecule has 0 radical (unpaired) electrons. The molecule has 21 heavy (non-hydrogen) atoms. The summed E-state index contributed by atoms with van der Waals surface area (Å²) < 4.78 is 5.77. The van der Waals surface area contributed by atoms with Crippen molar-refractivity contribution in [2.45, 2.75) is 31.7 Å². The van der Waals surface area contributed by atoms with Gasteiger partial charge in [-0.3, -0.25) is 14.9 Å². The van der Waals surface area contributed by atoms with Gasteiger partial charge in [-0.2, -0.15) is 0 Å². The topological polar surface area (TPSA) is 71.3 Å². The van der Waals surface area contributed by atoms with Crippen molar-refractivity contribution in [1.82, 2.24) is 10.6 Å². The average molecular weight is 284 g/mol. The zero-order chi connectivity index (χ0) is 14.4. The lowest BCUT2D eigenvalue weighted by atomic mass is 9.89. The maximum Gasteiger partial charge on any atom is 0.234 e. The summed E-state index contributed by atoms with van der Waals surface area (Å²) in [6.45, 7) is 1.79. The SMILES string of the molecule is O=C1CCC(c2coc3c4c(ccc23)CCNC4)C(=O)N1. The van der Waals surface area contributed by atoms with E-state index in [1.165, 1.54) is 11.1 Å². The molecule has 5 heteroatoms. The summed E-state index contributed by atoms with van der Waals surface area (Å²) in [5.74, 6) is -0.700. The molecular formula is C16H16N2O3. The van der Waals surface area contributed by atoms with Gasteiger partial charge in [-0.1, -0.05) is 12.1 Å². The molecule has 2 aliphatic rings. The number of hydrogen-bond acceptors (Lipinski definition) is 4. The maximum absolute atomic E-state index is 12.0. The van der Waals surface area contributed by atoms with E-state index in [4.69, 9.17) is 4.42 Å². The molecule has 3 heterocycles. The van der Waals surface area contributed by atoms with Crippen molar-refractivity contribution in [1.29, 1.82) is 0 Å². The zero-order valence-corrected chi connectivity index (χ0v) is 11.6. The third-order valence-electron chi connectivity index (χ3n) is 4.46. The Kier molecular flexibility index (Phi) is 2.82. The minimum atomic E-state index is -0.293. The normalized spacial score (nSPS) is 22.2. The molecule has 1 aromatic carbocycles. The predicted molar refractivity (Wildman–Crippen MR) is 76.7 cm³/mol. The van der Waals surface area contributed by atoms with Crippen molar-refractivity contribution in [2.24, 2.45) is 0 Å². The van der Waals surface area contributed by atoms with Crippen LogP contribution in [0.1, 0.15) is 35.4 Å². The van der Waals surface area contributed by atoms with E-state index in [2.05, 4.69) is 16.7 Å². The molecule has 1 atom stereocenters. The van der Waals surface area contributed by atoms with Crippen LogP contribution in [0.15, 0.2) is 22.8 Å². The number of hydrogen-bond donors (Lipinski definition) is 2. The van der Waals surface area contributed by atoms with Gasteiger partial charge < -0.3 is 9.73 Å². The number of imide groups is 1. The van der Waals surface area contributed by atoms with Gasteiger partial charge in [0.15, 0.2) is 0 Å². The Morgan fingerprint density at radius 2 is 2.10 bits per heavy atom. The van der Waals surface area contributed by atoms with E-state index in [9.17, 15) is 9.59 Å². The van der Waals surface area contributed by atoms with E-state index in [0.717, 1.165) is 36.0 Å². The number of piperidine rings is 1. The molecule has 0 bridgehead atoms. The highest BCUT2D eigenvalue weighted by atomic mass is 16.3. The van der Waals surface area contributed by atoms with Crippen molar-refractivity contribution >= 4 is 22.8 Å². The second kappa shape index (κ2) is 4.70. The van der Waals surface area contributed by atoms with E-state index < -0.39 is 0 Å². The second-order valence-corrected chi connectivity index (χ2v) is 5.70. The second-order valence-electron chi connectivity index (χ2n) is 5.70. The first-order chi connectivity index (χ1) is 10.2. The number of carbonyl (C=O) groups excluding carboxylic acids is 2. The van der Waals surface area contributed by atoms with Crippen LogP contribution in [0.3, 0.4) is 0 Å². The van der Waals surface area contributed by atoms with Gasteiger partial charge in [0.2, 0.25) is 11.8 Å². The van der Waals surface area contributed by atoms with E-state index in [-0.39, 0.29) is 17.7 Å². The van der Waals surface area contributed by atoms with Crippen LogP contribution in [-0.4, -0.2) is 18.4 Å². The molecule has 0 saturated carbocycles. The van der Waals surface area contributed by atoms with Crippen LogP contribution >= 0.6 is 0 Å². The van der Waals surface area contributed by atoms with E-state index >= 15 is 0 Å². The van der Waals surface area contributed by atoms with E-state index in [1.807, 2.05) is 6.07 Å². The van der Waals surface area contributed by atoms with E-state index in [1.54, 1.807) is 6.26 Å². The number of benzene rings is 1. The van der Waals surface area contributed by atoms with Gasteiger partial charge in [0.1, 0.15) is 5.58 Å². The number of fused-ring (bicyclic) bond motifs is 3. The molecule has 2 aliphatic heterocycles. The van der Waals surface area contributed by atoms with Gasteiger partial charge in [0.25, 0.3) is 0 Å². The van der Waals surface area contributed by atoms with Crippen LogP contribution < -0.4 is 10.6 Å². The predicted octanol–water partition coefficient (Wildman–Crippen LogP) is 1.60. The summed E-state index contributed by atoms with van der Waals surface area (Å²) in [5.41, 5.74) is 4.27. The molecule has 2 amide bonds. The fourth-order valence-corrected chi connectivity index (χ4v) is 3.34. The Hall–Kier alpha value is -2.14. The Labute approximate surface area is 121 Å². The lowest BCUT2D eigenvalue weighted by Gasteiger charge is -2.20. The van der Waals surface area contributed by atoms with E-state index in [0.29, 0.717) is 12.8 Å². The molecule has 1 aromatic heterocycles. The molecule has 108 valence electrons. The van der Waals surface area contributed by atoms with Gasteiger partial charge in [-0.05, 0) is 24.9 Å². The summed E-state index contributed by atoms with van der Waals surface area (Å²) in [4.78, 5) is 23.3. The maximum atomic E-state index is 12.0. The van der Waals surface area contributed by atoms with Gasteiger partial charge in [-0.15, -0.1) is 0 Å². The zero-order valence-electron chi connectivity index (χ0n) is 11.6. The van der Waals surface area contributed by atoms with Crippen molar-refractivity contribution < 1.29 is 14.0 Å². The van der Waals surface area contributed by atoms with Crippen molar-refractivity contribution in [3.05, 3.63) is 35.1 Å². The van der Waals surface area contributed by atoms with Crippen LogP contribution in [0.2, 0.25) is 0 Å². The Morgan fingerprint density at radius 1 is 1.19 bits per heavy atom. The molecular weight excluding hydrogens is 268 g/mol. The lowest BCUT2D eigenvalue weighted by Crippen LogP contribution is -2.39. The van der Waals surface area contributed by atoms with Crippen LogP contribution in [0.25, 0.3) is 11.0 Å². The number of amides is 2. The summed E-state index contributed by atoms with van der Waals surface area (Å²) in [6.07, 6.45) is 3.61. The summed E-state index contributed by atoms with van der Waals surface area (Å²) in [6, 6.07) is 4.17. The minimum Gasteiger partial charge on any atom is -0.464 e. The summed E-state index contributed by atoms with van der Waals surface area (Å²) >= 11 is 0. The first-order valence-electron chi connectivity index (χ1n) is 7.30. The van der Waals surface area contributed by atoms with Crippen LogP contribution in [-0.2, 0) is 22.6 Å². The highest BCUT2D eigenvalue weighted by Gasteiger charge is 2.31. The Balaban J connectivity index is 1.80. The Morgan fingerprint density at radius 3 is 2.95 bits per heavy atom. The first-order valence-corrected chi connectivity index (χ1v) is 7.30. The molecule has 0 spiro atoms. The lowest BCUT2D eigenvalue weighted by molar-refractivity contribution is -0.134. The van der Waals surface area contributed by atoms with Gasteiger partial charge in [0.05, 0.1) is 12.2 Å². The third-order valence-corrected chi connectivity index (χ3v) is 4.46. The van der Waals surface area contributed by atoms with Crippen LogP contribution in [0.5, 0.6) is 0 Å². The highest BCUT2D eigenvalue weighted by molar-refractivity contribution is 6.03. The summed E-state index contributed by atoms with van der Waals surface area (Å²) in [7, 11) is 0. The molecule has 2 N–H and O–H groups in total. The van der Waals surface area contributed by atoms with Gasteiger partial charge in [-0.25, -0.2) is 0 Å². The fraction of sp³-hybridized carbons (Fsp3) is 0.375. The van der Waals surface area contributed by atoms with Crippen molar-refractivity contribution in [2.75, 3.05) is 6.54 Å². The van der Waals surface area contributed by atoms with Crippen molar-refractivity contribution in [3.8, 4) is 0 Å². The first kappa shape index (κ1) is 12.6. The average Bonchev–Trinajstić information content (AvgIpc) is 2.91. The fourth-order valence-electron chi connectivity index (χ4n) is 3.34. The largest absolute Gasteiger partial charge is 0.464 e. The molecule has 1 fully saturated rings. The monoisotopic (exact) mass is 284 g/mol. The molecule has 4 rings (SSSR count). The quantitative estimate of drug-likeness (QED) is 0.780. The Bertz CT molecular complexity index is 747. The number of carbonyl (C=O) groups is 2. The summed E-state index contributed by atoms with van der Waals surface area (Å²) in [5, 5.41) is 6.76. The number of furan rings is 1. The minimum absolute atomic E-state index is 0.189. The van der Waals surface area contributed by atoms with Crippen LogP contribution in [0.4, 0.5) is 0 Å². The number of rotatable bonds is 1. The van der Waals surface area contributed by atoms with Crippen LogP contribution in [0, 0.1) is 0 Å². The third kappa shape index (κ3) is 1.96. The highest BCUT2D eigenvalue weighted by Crippen LogP contribution is 2.35. The molecule has 1 saturated heterocycles. The molecule has 5 nitrogen and oxygen atoms in total. The van der Waals surface area contributed by atoms with Gasteiger partial charge in [0, 0.05) is 29.5 Å². The van der Waals surface area contributed by atoms with Gasteiger partial charge >= 0.3 is 0 Å². The van der Waals surface area contributed by atoms with Crippen molar-refractivity contribution in [3.63, 3.8) is 0 Å². The number of nitrogens with one attached hydrogen (secondary N) is 2. The molecule has 2 aromatic rings.